The largest absolute Gasteiger partial charge is 0.497 e. The van der Waals surface area contributed by atoms with E-state index in [0.717, 1.165) is 42.7 Å². The van der Waals surface area contributed by atoms with Crippen LogP contribution in [0.2, 0.25) is 0 Å². The van der Waals surface area contributed by atoms with Gasteiger partial charge in [0.25, 0.3) is 0 Å². The number of hydrogen-bond donors (Lipinski definition) is 1. The number of amides is 1. The first-order valence-corrected chi connectivity index (χ1v) is 10.5. The lowest BCUT2D eigenvalue weighted by molar-refractivity contribution is -0.122. The maximum absolute atomic E-state index is 13.1. The quantitative estimate of drug-likeness (QED) is 0.701. The Kier molecular flexibility index (Phi) is 5.46. The van der Waals surface area contributed by atoms with Crippen molar-refractivity contribution < 1.29 is 14.3 Å². The Hall–Kier alpha value is -2.95. The summed E-state index contributed by atoms with van der Waals surface area (Å²) >= 11 is 0. The molecule has 0 saturated heterocycles. The van der Waals surface area contributed by atoms with Crippen LogP contribution in [-0.4, -0.2) is 30.1 Å². The molecule has 0 atom stereocenters. The van der Waals surface area contributed by atoms with E-state index in [1.807, 2.05) is 24.3 Å². The number of hydrogen-bond acceptors (Lipinski definition) is 4. The molecule has 2 aromatic carbocycles. The molecule has 2 aliphatic rings. The summed E-state index contributed by atoms with van der Waals surface area (Å²) < 4.78 is 5.38. The summed E-state index contributed by atoms with van der Waals surface area (Å²) in [7, 11) is 1.64. The van der Waals surface area contributed by atoms with Crippen molar-refractivity contribution in [2.45, 2.75) is 51.5 Å². The van der Waals surface area contributed by atoms with E-state index in [0.29, 0.717) is 11.3 Å². The van der Waals surface area contributed by atoms with Gasteiger partial charge in [0.15, 0.2) is 5.78 Å². The van der Waals surface area contributed by atoms with Gasteiger partial charge < -0.3 is 10.1 Å². The third kappa shape index (κ3) is 4.30. The number of methoxy groups -OCH3 is 1. The molecule has 1 saturated carbocycles. The predicted octanol–water partition coefficient (Wildman–Crippen LogP) is 4.83. The van der Waals surface area contributed by atoms with Gasteiger partial charge in [0.1, 0.15) is 5.75 Å². The smallest absolute Gasteiger partial charge is 0.227 e. The van der Waals surface area contributed by atoms with Crippen molar-refractivity contribution in [2.75, 3.05) is 12.4 Å². The maximum Gasteiger partial charge on any atom is 0.227 e. The van der Waals surface area contributed by atoms with E-state index in [1.165, 1.54) is 5.56 Å². The van der Waals surface area contributed by atoms with Crippen molar-refractivity contribution in [2.24, 2.45) is 10.9 Å². The van der Waals surface area contributed by atoms with E-state index in [-0.39, 0.29) is 29.6 Å². The number of ether oxygens (including phenoxy) is 1. The Balaban J connectivity index is 1.55. The van der Waals surface area contributed by atoms with E-state index in [2.05, 4.69) is 25.2 Å². The first-order chi connectivity index (χ1) is 14.3. The molecular formula is C25H28N2O3. The molecule has 1 fully saturated rings. The Morgan fingerprint density at radius 1 is 1.17 bits per heavy atom. The second kappa shape index (κ2) is 8.05. The maximum atomic E-state index is 13.1. The standard InChI is InChI=1S/C25H28N2O3/c1-25(2)15-18-10-11-20(30-3)13-21(18)22(27-25)14-23(28)17-8-5-9-19(12-17)26-24(29)16-6-4-7-16/h5,8-13,16H,4,6-7,14-15H2,1-3H3,(H,26,29). The van der Waals surface area contributed by atoms with E-state index >= 15 is 0 Å². The minimum Gasteiger partial charge on any atom is -0.497 e. The van der Waals surface area contributed by atoms with Gasteiger partial charge in [-0.05, 0) is 62.9 Å². The SMILES string of the molecule is COc1ccc2c(c1)C(CC(=O)c1cccc(NC(=O)C3CCC3)c1)=NC(C)(C)C2. The van der Waals surface area contributed by atoms with Gasteiger partial charge in [-0.1, -0.05) is 24.6 Å². The predicted molar refractivity (Wildman–Crippen MR) is 119 cm³/mol. The van der Waals surface area contributed by atoms with E-state index in [1.54, 1.807) is 19.2 Å². The molecule has 1 aliphatic heterocycles. The van der Waals surface area contributed by atoms with Crippen LogP contribution in [0, 0.1) is 5.92 Å². The van der Waals surface area contributed by atoms with Crippen molar-refractivity contribution >= 4 is 23.1 Å². The molecule has 30 heavy (non-hydrogen) atoms. The van der Waals surface area contributed by atoms with E-state index in [4.69, 9.17) is 9.73 Å². The molecule has 5 heteroatoms. The number of fused-ring (bicyclic) bond motifs is 1. The van der Waals surface area contributed by atoms with Crippen LogP contribution in [0.15, 0.2) is 47.5 Å². The number of carbonyl (C=O) groups excluding carboxylic acids is 2. The molecule has 1 heterocycles. The molecule has 0 spiro atoms. The number of nitrogens with one attached hydrogen (secondary N) is 1. The van der Waals surface area contributed by atoms with Crippen LogP contribution in [-0.2, 0) is 11.2 Å². The number of nitrogens with zero attached hydrogens (tertiary/aromatic N) is 1. The number of aliphatic imine (C=N–C) groups is 1. The highest BCUT2D eigenvalue weighted by atomic mass is 16.5. The molecule has 0 unspecified atom stereocenters. The van der Waals surface area contributed by atoms with Crippen LogP contribution in [0.1, 0.15) is 61.0 Å². The fraction of sp³-hybridized carbons (Fsp3) is 0.400. The Bertz CT molecular complexity index is 1020. The summed E-state index contributed by atoms with van der Waals surface area (Å²) in [4.78, 5) is 30.2. The first kappa shape index (κ1) is 20.3. The van der Waals surface area contributed by atoms with Gasteiger partial charge in [0, 0.05) is 22.7 Å². The molecule has 5 nitrogen and oxygen atoms in total. The molecule has 156 valence electrons. The van der Waals surface area contributed by atoms with Crippen LogP contribution in [0.3, 0.4) is 0 Å². The lowest BCUT2D eigenvalue weighted by Crippen LogP contribution is -2.30. The minimum absolute atomic E-state index is 0.0139. The molecule has 0 radical (unpaired) electrons. The number of benzene rings is 2. The van der Waals surface area contributed by atoms with Gasteiger partial charge in [0.2, 0.25) is 5.91 Å². The number of rotatable bonds is 6. The number of anilines is 1. The summed E-state index contributed by atoms with van der Waals surface area (Å²) in [6, 6.07) is 13.2. The van der Waals surface area contributed by atoms with Crippen LogP contribution < -0.4 is 10.1 Å². The highest BCUT2D eigenvalue weighted by molar-refractivity contribution is 6.17. The van der Waals surface area contributed by atoms with Crippen LogP contribution in [0.4, 0.5) is 5.69 Å². The average Bonchev–Trinajstić information content (AvgIpc) is 2.65. The van der Waals surface area contributed by atoms with Crippen molar-refractivity contribution in [3.8, 4) is 5.75 Å². The zero-order chi connectivity index (χ0) is 21.3. The fourth-order valence-corrected chi connectivity index (χ4v) is 4.11. The summed E-state index contributed by atoms with van der Waals surface area (Å²) in [5.74, 6) is 0.897. The zero-order valence-electron chi connectivity index (χ0n) is 17.8. The van der Waals surface area contributed by atoms with Crippen LogP contribution in [0.25, 0.3) is 0 Å². The van der Waals surface area contributed by atoms with Crippen molar-refractivity contribution in [3.05, 3.63) is 59.2 Å². The summed E-state index contributed by atoms with van der Waals surface area (Å²) in [6.45, 7) is 4.17. The summed E-state index contributed by atoms with van der Waals surface area (Å²) in [5.41, 5.74) is 3.95. The Morgan fingerprint density at radius 3 is 2.67 bits per heavy atom. The molecule has 0 bridgehead atoms. The third-order valence-corrected chi connectivity index (χ3v) is 5.94. The molecule has 1 aliphatic carbocycles. The molecule has 4 rings (SSSR count). The number of carbonyl (C=O) groups is 2. The number of ketones is 1. The van der Waals surface area contributed by atoms with Gasteiger partial charge in [-0.15, -0.1) is 0 Å². The van der Waals surface area contributed by atoms with E-state index in [9.17, 15) is 9.59 Å². The second-order valence-electron chi connectivity index (χ2n) is 8.87. The van der Waals surface area contributed by atoms with Gasteiger partial charge >= 0.3 is 0 Å². The third-order valence-electron chi connectivity index (χ3n) is 5.94. The fourth-order valence-electron chi connectivity index (χ4n) is 4.11. The van der Waals surface area contributed by atoms with Crippen molar-refractivity contribution in [1.82, 2.24) is 0 Å². The summed E-state index contributed by atoms with van der Waals surface area (Å²) in [6.07, 6.45) is 4.05. The highest BCUT2D eigenvalue weighted by Gasteiger charge is 2.29. The van der Waals surface area contributed by atoms with Gasteiger partial charge in [-0.3, -0.25) is 14.6 Å². The molecular weight excluding hydrogens is 376 g/mol. The highest BCUT2D eigenvalue weighted by Crippen LogP contribution is 2.31. The van der Waals surface area contributed by atoms with Crippen LogP contribution in [0.5, 0.6) is 5.75 Å². The van der Waals surface area contributed by atoms with Gasteiger partial charge in [-0.2, -0.15) is 0 Å². The number of Topliss-reactive ketones (excluding diaryl/α,β-unsaturated/α-hetero) is 1. The lowest BCUT2D eigenvalue weighted by atomic mass is 9.84. The van der Waals surface area contributed by atoms with Gasteiger partial charge in [0.05, 0.1) is 24.8 Å². The zero-order valence-corrected chi connectivity index (χ0v) is 17.8. The Morgan fingerprint density at radius 2 is 1.97 bits per heavy atom. The Labute approximate surface area is 177 Å². The topological polar surface area (TPSA) is 67.8 Å². The van der Waals surface area contributed by atoms with Crippen molar-refractivity contribution in [1.29, 1.82) is 0 Å². The van der Waals surface area contributed by atoms with Crippen LogP contribution >= 0.6 is 0 Å². The normalized spacial score (nSPS) is 17.4. The monoisotopic (exact) mass is 404 g/mol. The van der Waals surface area contributed by atoms with Gasteiger partial charge in [-0.25, -0.2) is 0 Å². The summed E-state index contributed by atoms with van der Waals surface area (Å²) in [5, 5.41) is 2.95. The second-order valence-corrected chi connectivity index (χ2v) is 8.87. The molecule has 0 aromatic heterocycles. The molecule has 1 amide bonds. The first-order valence-electron chi connectivity index (χ1n) is 10.5. The molecule has 1 N–H and O–H groups in total. The van der Waals surface area contributed by atoms with E-state index < -0.39 is 0 Å². The average molecular weight is 405 g/mol. The lowest BCUT2D eigenvalue weighted by Gasteiger charge is -2.29. The minimum atomic E-state index is -0.254. The van der Waals surface area contributed by atoms with Crippen molar-refractivity contribution in [3.63, 3.8) is 0 Å². The molecule has 2 aromatic rings.